The van der Waals surface area contributed by atoms with Gasteiger partial charge in [0.1, 0.15) is 18.2 Å². The van der Waals surface area contributed by atoms with Crippen LogP contribution in [0.3, 0.4) is 0 Å². The van der Waals surface area contributed by atoms with Gasteiger partial charge in [-0.3, -0.25) is 0 Å². The number of allylic oxidation sites excluding steroid dienone is 4. The van der Waals surface area contributed by atoms with Crippen molar-refractivity contribution in [1.29, 1.82) is 0 Å². The molecule has 0 aromatic carbocycles. The van der Waals surface area contributed by atoms with E-state index < -0.39 is 0 Å². The van der Waals surface area contributed by atoms with Gasteiger partial charge in [0.2, 0.25) is 0 Å². The molecular weight excluding hydrogens is 308 g/mol. The lowest BCUT2D eigenvalue weighted by Gasteiger charge is -2.20. The van der Waals surface area contributed by atoms with Gasteiger partial charge in [0.15, 0.2) is 11.5 Å². The predicted octanol–water partition coefficient (Wildman–Crippen LogP) is 4.07. The highest BCUT2D eigenvalue weighted by Crippen LogP contribution is 2.33. The average Bonchev–Trinajstić information content (AvgIpc) is 3.14. The van der Waals surface area contributed by atoms with Crippen LogP contribution in [-0.2, 0) is 9.47 Å². The van der Waals surface area contributed by atoms with Crippen LogP contribution in [0.1, 0.15) is 42.3 Å². The minimum Gasteiger partial charge on any atom is -0.465 e. The maximum absolute atomic E-state index is 6.04. The minimum absolute atomic E-state index is 0.571. The third-order valence-electron chi connectivity index (χ3n) is 4.36. The Hall–Kier alpha value is -1.85. The summed E-state index contributed by atoms with van der Waals surface area (Å²) >= 11 is 1.73. The van der Waals surface area contributed by atoms with Crippen LogP contribution in [0.15, 0.2) is 47.5 Å². The Balaban J connectivity index is 1.48. The van der Waals surface area contributed by atoms with Crippen LogP contribution in [0.5, 0.6) is 0 Å². The number of ether oxygens (including phenoxy) is 2. The molecule has 3 heterocycles. The fourth-order valence-electron chi connectivity index (χ4n) is 3.04. The highest BCUT2D eigenvalue weighted by atomic mass is 32.1. The molecular formula is C18H20N2O2S. The molecule has 120 valence electrons. The van der Waals surface area contributed by atoms with E-state index in [9.17, 15) is 0 Å². The van der Waals surface area contributed by atoms with Crippen molar-refractivity contribution in [2.45, 2.75) is 31.6 Å². The van der Waals surface area contributed by atoms with Crippen LogP contribution in [-0.4, -0.2) is 18.1 Å². The van der Waals surface area contributed by atoms with E-state index in [1.165, 1.54) is 10.6 Å². The van der Waals surface area contributed by atoms with Crippen molar-refractivity contribution >= 4 is 17.1 Å². The molecule has 4 rings (SSSR count). The lowest BCUT2D eigenvalue weighted by atomic mass is 9.99. The van der Waals surface area contributed by atoms with Crippen molar-refractivity contribution < 1.29 is 9.47 Å². The van der Waals surface area contributed by atoms with Gasteiger partial charge < -0.3 is 14.8 Å². The Kier molecular flexibility index (Phi) is 4.30. The van der Waals surface area contributed by atoms with Crippen molar-refractivity contribution in [1.82, 2.24) is 10.3 Å². The van der Waals surface area contributed by atoms with Crippen LogP contribution in [0, 0.1) is 0 Å². The quantitative estimate of drug-likeness (QED) is 0.908. The molecule has 3 aliphatic rings. The molecule has 0 atom stereocenters. The Morgan fingerprint density at radius 1 is 1.17 bits per heavy atom. The summed E-state index contributed by atoms with van der Waals surface area (Å²) in [6, 6.07) is 0. The summed E-state index contributed by atoms with van der Waals surface area (Å²) in [5.41, 5.74) is 2.05. The molecule has 23 heavy (non-hydrogen) atoms. The number of nitrogens with zero attached hydrogens (tertiary/aromatic N) is 1. The van der Waals surface area contributed by atoms with Gasteiger partial charge in [0.05, 0.1) is 5.01 Å². The molecule has 1 fully saturated rings. The summed E-state index contributed by atoms with van der Waals surface area (Å²) in [5.74, 6) is 2.07. The number of thiazole rings is 1. The van der Waals surface area contributed by atoms with E-state index in [1.807, 2.05) is 0 Å². The van der Waals surface area contributed by atoms with Crippen LogP contribution >= 0.6 is 11.3 Å². The minimum atomic E-state index is 0.571. The highest BCUT2D eigenvalue weighted by Gasteiger charge is 2.22. The number of piperidine rings is 1. The van der Waals surface area contributed by atoms with Gasteiger partial charge in [0, 0.05) is 11.3 Å². The van der Waals surface area contributed by atoms with Crippen LogP contribution < -0.4 is 5.32 Å². The first kappa shape index (κ1) is 14.7. The molecule has 1 N–H and O–H groups in total. The molecule has 0 unspecified atom stereocenters. The largest absolute Gasteiger partial charge is 0.465 e. The molecule has 0 spiro atoms. The summed E-state index contributed by atoms with van der Waals surface area (Å²) < 4.78 is 11.5. The summed E-state index contributed by atoms with van der Waals surface area (Å²) in [7, 11) is 0. The Morgan fingerprint density at radius 3 is 2.87 bits per heavy atom. The Labute approximate surface area is 140 Å². The topological polar surface area (TPSA) is 43.4 Å². The molecule has 0 saturated carbocycles. The smallest absolute Gasteiger partial charge is 0.189 e. The summed E-state index contributed by atoms with van der Waals surface area (Å²) in [5, 5.41) is 6.68. The summed E-state index contributed by atoms with van der Waals surface area (Å²) in [6.07, 6.45) is 14.0. The van der Waals surface area contributed by atoms with Crippen molar-refractivity contribution in [3.63, 3.8) is 0 Å². The zero-order valence-corrected chi connectivity index (χ0v) is 13.8. The molecule has 0 bridgehead atoms. The van der Waals surface area contributed by atoms with Crippen molar-refractivity contribution in [3.05, 3.63) is 58.2 Å². The number of hydrogen-bond donors (Lipinski definition) is 1. The molecule has 4 nitrogen and oxygen atoms in total. The maximum atomic E-state index is 6.04. The third-order valence-corrected chi connectivity index (χ3v) is 5.37. The zero-order valence-electron chi connectivity index (χ0n) is 13.0. The maximum Gasteiger partial charge on any atom is 0.189 e. The average molecular weight is 328 g/mol. The van der Waals surface area contributed by atoms with Gasteiger partial charge in [-0.05, 0) is 44.3 Å². The second-order valence-corrected chi connectivity index (χ2v) is 6.85. The monoisotopic (exact) mass is 328 g/mol. The SMILES string of the molecule is C1=CCCC(C2=COC=C(c3csc(C4CCNCC4)n3)O2)=C1. The number of hydrogen-bond acceptors (Lipinski definition) is 5. The number of rotatable bonds is 3. The highest BCUT2D eigenvalue weighted by molar-refractivity contribution is 7.09. The van der Waals surface area contributed by atoms with Crippen LogP contribution in [0.2, 0.25) is 0 Å². The molecule has 2 aliphatic heterocycles. The first-order valence-electron chi connectivity index (χ1n) is 8.16. The molecule has 0 amide bonds. The lowest BCUT2D eigenvalue weighted by molar-refractivity contribution is 0.284. The molecule has 1 aromatic heterocycles. The normalized spacial score (nSPS) is 21.8. The molecule has 5 heteroatoms. The van der Waals surface area contributed by atoms with E-state index in [4.69, 9.17) is 14.5 Å². The Bertz CT molecular complexity index is 694. The van der Waals surface area contributed by atoms with Crippen LogP contribution in [0.25, 0.3) is 5.76 Å². The molecule has 1 saturated heterocycles. The standard InChI is InChI=1S/C18H20N2O2S/c1-2-4-13(5-3-1)16-10-21-11-17(22-16)15-12-23-18(20-15)14-6-8-19-9-7-14/h1-2,4,10-12,14,19H,3,5-9H2. The van der Waals surface area contributed by atoms with Gasteiger partial charge in [-0.1, -0.05) is 18.2 Å². The molecule has 0 radical (unpaired) electrons. The van der Waals surface area contributed by atoms with Gasteiger partial charge >= 0.3 is 0 Å². The predicted molar refractivity (Wildman–Crippen MR) is 91.6 cm³/mol. The fraction of sp³-hybridized carbons (Fsp3) is 0.389. The number of aromatic nitrogens is 1. The fourth-order valence-corrected chi connectivity index (χ4v) is 4.02. The molecule has 1 aliphatic carbocycles. The first-order valence-corrected chi connectivity index (χ1v) is 9.04. The van der Waals surface area contributed by atoms with E-state index in [0.717, 1.165) is 50.2 Å². The van der Waals surface area contributed by atoms with E-state index >= 15 is 0 Å². The molecule has 1 aromatic rings. The van der Waals surface area contributed by atoms with Crippen molar-refractivity contribution in [2.24, 2.45) is 0 Å². The zero-order chi connectivity index (χ0) is 15.5. The summed E-state index contributed by atoms with van der Waals surface area (Å²) in [4.78, 5) is 4.79. The Morgan fingerprint density at radius 2 is 2.04 bits per heavy atom. The lowest BCUT2D eigenvalue weighted by Crippen LogP contribution is -2.26. The van der Waals surface area contributed by atoms with Gasteiger partial charge in [-0.2, -0.15) is 0 Å². The van der Waals surface area contributed by atoms with E-state index in [-0.39, 0.29) is 0 Å². The third kappa shape index (κ3) is 3.26. The van der Waals surface area contributed by atoms with E-state index in [2.05, 4.69) is 28.9 Å². The van der Waals surface area contributed by atoms with E-state index in [0.29, 0.717) is 11.7 Å². The van der Waals surface area contributed by atoms with E-state index in [1.54, 1.807) is 23.9 Å². The number of nitrogens with one attached hydrogen (secondary N) is 1. The second-order valence-electron chi connectivity index (χ2n) is 5.96. The van der Waals surface area contributed by atoms with Crippen molar-refractivity contribution in [3.8, 4) is 0 Å². The first-order chi connectivity index (χ1) is 11.4. The van der Waals surface area contributed by atoms with Gasteiger partial charge in [-0.15, -0.1) is 11.3 Å². The van der Waals surface area contributed by atoms with Gasteiger partial charge in [0.25, 0.3) is 0 Å². The second kappa shape index (κ2) is 6.72. The summed E-state index contributed by atoms with van der Waals surface area (Å²) in [6.45, 7) is 2.16. The van der Waals surface area contributed by atoms with Crippen LogP contribution in [0.4, 0.5) is 0 Å². The van der Waals surface area contributed by atoms with Gasteiger partial charge in [-0.25, -0.2) is 4.98 Å². The van der Waals surface area contributed by atoms with Crippen molar-refractivity contribution in [2.75, 3.05) is 13.1 Å².